The second kappa shape index (κ2) is 4.06. The van der Waals surface area contributed by atoms with Gasteiger partial charge in [-0.05, 0) is 0 Å². The Kier molecular flexibility index (Phi) is 3.30. The molecule has 0 N–H and O–H groups in total. The van der Waals surface area contributed by atoms with Gasteiger partial charge in [-0.2, -0.15) is 0 Å². The summed E-state index contributed by atoms with van der Waals surface area (Å²) in [5.74, 6) is 0.0931. The fourth-order valence-corrected chi connectivity index (χ4v) is 1.68. The number of carbonyl (C=O) groups is 2. The molecular weight excluding hydrogens is 271 g/mol. The first-order valence-corrected chi connectivity index (χ1v) is 4.89. The molecule has 5 heteroatoms. The van der Waals surface area contributed by atoms with Gasteiger partial charge in [0.15, 0.2) is 0 Å². The van der Waals surface area contributed by atoms with Gasteiger partial charge >= 0.3 is 0 Å². The van der Waals surface area contributed by atoms with Crippen LogP contribution in [0.2, 0.25) is 0 Å². The van der Waals surface area contributed by atoms with Gasteiger partial charge < -0.3 is 9.80 Å². The van der Waals surface area contributed by atoms with Gasteiger partial charge in [-0.1, -0.05) is 0 Å². The van der Waals surface area contributed by atoms with Crippen LogP contribution in [0.4, 0.5) is 4.79 Å². The van der Waals surface area contributed by atoms with Gasteiger partial charge in [0.05, 0.1) is 0 Å². The first-order chi connectivity index (χ1) is 5.61. The highest BCUT2D eigenvalue weighted by atomic mass is 127. The Bertz CT molecular complexity index is 178. The molecule has 0 aromatic heterocycles. The van der Waals surface area contributed by atoms with Gasteiger partial charge in [0, 0.05) is 55.7 Å². The van der Waals surface area contributed by atoms with Crippen molar-refractivity contribution in [2.45, 2.75) is 6.92 Å². The van der Waals surface area contributed by atoms with Crippen molar-refractivity contribution in [2.75, 3.05) is 26.2 Å². The van der Waals surface area contributed by atoms with Gasteiger partial charge in [-0.15, -0.1) is 0 Å². The Morgan fingerprint density at radius 1 is 1.08 bits per heavy atom. The monoisotopic (exact) mass is 282 g/mol. The van der Waals surface area contributed by atoms with Gasteiger partial charge in [0.1, 0.15) is 0 Å². The molecule has 1 aliphatic heterocycles. The third-order valence-corrected chi connectivity index (χ3v) is 2.66. The van der Waals surface area contributed by atoms with Crippen LogP contribution in [0.1, 0.15) is 6.92 Å². The number of halogens is 1. The highest BCUT2D eigenvalue weighted by Gasteiger charge is 2.20. The minimum absolute atomic E-state index is 0.0656. The lowest BCUT2D eigenvalue weighted by Crippen LogP contribution is -2.48. The van der Waals surface area contributed by atoms with Gasteiger partial charge in [-0.3, -0.25) is 9.59 Å². The number of amides is 2. The molecule has 0 radical (unpaired) electrons. The van der Waals surface area contributed by atoms with Crippen LogP contribution in [0, 0.1) is 0 Å². The predicted octanol–water partition coefficient (Wildman–Crippen LogP) is 0.706. The minimum Gasteiger partial charge on any atom is -0.339 e. The summed E-state index contributed by atoms with van der Waals surface area (Å²) in [6.07, 6.45) is 0. The fourth-order valence-electron chi connectivity index (χ4n) is 1.20. The molecule has 0 unspecified atom stereocenters. The molecule has 0 bridgehead atoms. The minimum atomic E-state index is 0.0656. The van der Waals surface area contributed by atoms with Gasteiger partial charge in [0.2, 0.25) is 5.91 Å². The lowest BCUT2D eigenvalue weighted by atomic mass is 10.3. The topological polar surface area (TPSA) is 40.6 Å². The van der Waals surface area contributed by atoms with E-state index in [4.69, 9.17) is 0 Å². The summed E-state index contributed by atoms with van der Waals surface area (Å²) in [6.45, 7) is 4.23. The van der Waals surface area contributed by atoms with Crippen LogP contribution in [0.15, 0.2) is 0 Å². The Balaban J connectivity index is 2.39. The molecule has 1 saturated heterocycles. The van der Waals surface area contributed by atoms with Crippen molar-refractivity contribution in [3.8, 4) is 0 Å². The molecule has 2 amide bonds. The number of rotatable bonds is 0. The summed E-state index contributed by atoms with van der Waals surface area (Å²) >= 11 is 1.77. The van der Waals surface area contributed by atoms with E-state index in [1.807, 2.05) is 0 Å². The molecule has 0 spiro atoms. The molecule has 12 heavy (non-hydrogen) atoms. The normalized spacial score (nSPS) is 17.8. The van der Waals surface area contributed by atoms with E-state index in [-0.39, 0.29) is 9.82 Å². The van der Waals surface area contributed by atoms with Crippen LogP contribution >= 0.6 is 22.6 Å². The smallest absolute Gasteiger partial charge is 0.283 e. The van der Waals surface area contributed by atoms with E-state index in [0.717, 1.165) is 0 Å². The summed E-state index contributed by atoms with van der Waals surface area (Å²) in [5, 5.41) is 0. The zero-order valence-electron chi connectivity index (χ0n) is 6.92. The largest absolute Gasteiger partial charge is 0.339 e. The van der Waals surface area contributed by atoms with Crippen molar-refractivity contribution >= 4 is 32.4 Å². The molecule has 1 aliphatic rings. The number of piperazine rings is 1. The predicted molar refractivity (Wildman–Crippen MR) is 53.2 cm³/mol. The first kappa shape index (κ1) is 9.76. The average Bonchev–Trinajstić information content (AvgIpc) is 2.04. The van der Waals surface area contributed by atoms with E-state index in [1.165, 1.54) is 0 Å². The molecule has 1 fully saturated rings. The first-order valence-electron chi connectivity index (χ1n) is 3.81. The molecule has 0 saturated carbocycles. The maximum absolute atomic E-state index is 10.9. The third-order valence-electron chi connectivity index (χ3n) is 1.97. The van der Waals surface area contributed by atoms with E-state index >= 15 is 0 Å². The van der Waals surface area contributed by atoms with Crippen LogP contribution < -0.4 is 0 Å². The van der Waals surface area contributed by atoms with Crippen molar-refractivity contribution in [1.82, 2.24) is 9.80 Å². The van der Waals surface area contributed by atoms with Crippen molar-refractivity contribution in [2.24, 2.45) is 0 Å². The van der Waals surface area contributed by atoms with E-state index < -0.39 is 0 Å². The van der Waals surface area contributed by atoms with Crippen LogP contribution in [-0.4, -0.2) is 45.8 Å². The lowest BCUT2D eigenvalue weighted by Gasteiger charge is -2.32. The average molecular weight is 282 g/mol. The molecule has 0 aliphatic carbocycles. The second-order valence-electron chi connectivity index (χ2n) is 2.75. The highest BCUT2D eigenvalue weighted by Crippen LogP contribution is 2.06. The Hall–Kier alpha value is -0.330. The van der Waals surface area contributed by atoms with Crippen molar-refractivity contribution < 1.29 is 9.59 Å². The van der Waals surface area contributed by atoms with Gasteiger partial charge in [-0.25, -0.2) is 0 Å². The molecule has 1 rings (SSSR count). The maximum atomic E-state index is 10.9. The molecule has 68 valence electrons. The Morgan fingerprint density at radius 2 is 1.50 bits per heavy atom. The van der Waals surface area contributed by atoms with E-state index in [9.17, 15) is 9.59 Å². The number of nitrogens with zero attached hydrogens (tertiary/aromatic N) is 2. The van der Waals surface area contributed by atoms with Gasteiger partial charge in [0.25, 0.3) is 3.91 Å². The molecule has 0 atom stereocenters. The Morgan fingerprint density at radius 3 is 1.83 bits per heavy atom. The molecule has 4 nitrogen and oxygen atoms in total. The number of carbonyl (C=O) groups excluding carboxylic acids is 2. The summed E-state index contributed by atoms with van der Waals surface area (Å²) in [4.78, 5) is 25.3. The van der Waals surface area contributed by atoms with Crippen LogP contribution in [-0.2, 0) is 4.79 Å². The SMILES string of the molecule is CC(=O)N1CCN(C(=O)I)CC1. The van der Waals surface area contributed by atoms with Crippen molar-refractivity contribution in [3.05, 3.63) is 0 Å². The van der Waals surface area contributed by atoms with E-state index in [2.05, 4.69) is 0 Å². The van der Waals surface area contributed by atoms with E-state index in [0.29, 0.717) is 26.2 Å². The summed E-state index contributed by atoms with van der Waals surface area (Å²) in [6, 6.07) is 0. The summed E-state index contributed by atoms with van der Waals surface area (Å²) in [7, 11) is 0. The van der Waals surface area contributed by atoms with Crippen molar-refractivity contribution in [3.63, 3.8) is 0 Å². The lowest BCUT2D eigenvalue weighted by molar-refractivity contribution is -0.130. The summed E-state index contributed by atoms with van der Waals surface area (Å²) in [5.41, 5.74) is 0. The van der Waals surface area contributed by atoms with Crippen LogP contribution in [0.3, 0.4) is 0 Å². The van der Waals surface area contributed by atoms with Crippen LogP contribution in [0.25, 0.3) is 0 Å². The third kappa shape index (κ3) is 2.33. The zero-order valence-corrected chi connectivity index (χ0v) is 9.07. The highest BCUT2D eigenvalue weighted by molar-refractivity contribution is 14.1. The van der Waals surface area contributed by atoms with E-state index in [1.54, 1.807) is 39.3 Å². The Labute approximate surface area is 85.0 Å². The second-order valence-corrected chi connectivity index (χ2v) is 3.67. The molecular formula is C7H11IN2O2. The number of hydrogen-bond acceptors (Lipinski definition) is 2. The van der Waals surface area contributed by atoms with Crippen molar-refractivity contribution in [1.29, 1.82) is 0 Å². The molecule has 0 aromatic rings. The number of hydrogen-bond donors (Lipinski definition) is 0. The standard InChI is InChI=1S/C7H11IN2O2/c1-6(11)9-2-4-10(5-3-9)7(8)12/h2-5H2,1H3. The van der Waals surface area contributed by atoms with Crippen LogP contribution in [0.5, 0.6) is 0 Å². The molecule has 1 heterocycles. The quantitative estimate of drug-likeness (QED) is 0.373. The zero-order chi connectivity index (χ0) is 9.14. The fraction of sp³-hybridized carbons (Fsp3) is 0.714. The molecule has 0 aromatic carbocycles. The summed E-state index contributed by atoms with van der Waals surface area (Å²) < 4.78 is 0.0656. The maximum Gasteiger partial charge on any atom is 0.283 e.